The molecule has 4 aliphatic rings. The Morgan fingerprint density at radius 1 is 1.29 bits per heavy atom. The topological polar surface area (TPSA) is 83.1 Å². The first-order valence-corrected chi connectivity index (χ1v) is 17.2. The van der Waals surface area contributed by atoms with Crippen molar-refractivity contribution >= 4 is 41.9 Å². The van der Waals surface area contributed by atoms with Crippen LogP contribution < -0.4 is 10.6 Å². The molecule has 0 aromatic heterocycles. The molecule has 3 aliphatic heterocycles. The minimum atomic E-state index is -1.01. The fourth-order valence-corrected chi connectivity index (χ4v) is 11.3. The summed E-state index contributed by atoms with van der Waals surface area (Å²) in [6, 6.07) is 0. The van der Waals surface area contributed by atoms with Crippen molar-refractivity contribution in [3.63, 3.8) is 0 Å². The molecular weight excluding hydrogens is 625 g/mol. The minimum Gasteiger partial charge on any atom is -0.370 e. The van der Waals surface area contributed by atoms with Crippen LogP contribution in [0.15, 0.2) is 44.5 Å². The van der Waals surface area contributed by atoms with Gasteiger partial charge in [0.1, 0.15) is 6.23 Å². The summed E-state index contributed by atoms with van der Waals surface area (Å²) < 4.78 is 18.9. The number of fused-ring (bicyclic) bond motifs is 1. The number of halogens is 2. The van der Waals surface area contributed by atoms with Crippen LogP contribution in [0.4, 0.5) is 0 Å². The first-order chi connectivity index (χ1) is 16.5. The molecule has 3 heterocycles. The first kappa shape index (κ1) is 27.0. The number of ether oxygens (including phenoxy) is 2. The number of amides is 1. The quantitative estimate of drug-likeness (QED) is 0.217. The van der Waals surface area contributed by atoms with Gasteiger partial charge in [0, 0.05) is 5.70 Å². The molecule has 1 aliphatic carbocycles. The maximum absolute atomic E-state index is 13.3. The molecule has 1 amide bonds. The minimum absolute atomic E-state index is 0.0668. The van der Waals surface area contributed by atoms with E-state index in [4.69, 9.17) is 9.47 Å². The summed E-state index contributed by atoms with van der Waals surface area (Å²) in [7, 11) is 4.43. The molecule has 4 rings (SSSR count). The summed E-state index contributed by atoms with van der Waals surface area (Å²) in [6.07, 6.45) is 4.84. The second-order valence-corrected chi connectivity index (χ2v) is 17.6. The molecule has 3 atom stereocenters. The van der Waals surface area contributed by atoms with E-state index in [1.165, 1.54) is 8.86 Å². The molecule has 3 N–H and O–H groups in total. The van der Waals surface area contributed by atoms with E-state index in [-0.39, 0.29) is 11.8 Å². The summed E-state index contributed by atoms with van der Waals surface area (Å²) in [6.45, 7) is 8.33. The van der Waals surface area contributed by atoms with E-state index >= 15 is 0 Å². The van der Waals surface area contributed by atoms with E-state index in [2.05, 4.69) is 57.6 Å². The van der Waals surface area contributed by atoms with Crippen molar-refractivity contribution in [2.24, 2.45) is 11.8 Å². The second-order valence-electron chi connectivity index (χ2n) is 10.1. The number of carbonyl (C=O) groups is 1. The van der Waals surface area contributed by atoms with Crippen LogP contribution in [0.2, 0.25) is 0 Å². The number of carbonyl (C=O) groups excluding carboxylic acids is 1. The van der Waals surface area contributed by atoms with Gasteiger partial charge in [0.05, 0.1) is 0 Å². The molecule has 0 spiro atoms. The van der Waals surface area contributed by atoms with Gasteiger partial charge in [0.25, 0.3) is 0 Å². The zero-order valence-corrected chi connectivity index (χ0v) is 25.4. The Kier molecular flexibility index (Phi) is 8.30. The number of alkyl halides is 2. The van der Waals surface area contributed by atoms with E-state index in [0.29, 0.717) is 24.6 Å². The number of rotatable bonds is 6. The maximum Gasteiger partial charge on any atom is 0.148 e. The third kappa shape index (κ3) is 5.48. The van der Waals surface area contributed by atoms with Gasteiger partial charge < -0.3 is 10.4 Å². The van der Waals surface area contributed by atoms with Crippen molar-refractivity contribution in [3.8, 4) is 0 Å². The summed E-state index contributed by atoms with van der Waals surface area (Å²) >= 11 is 2.69. The van der Waals surface area contributed by atoms with Gasteiger partial charge in [0.2, 0.25) is 0 Å². The molecule has 2 saturated heterocycles. The van der Waals surface area contributed by atoms with Crippen molar-refractivity contribution in [3.05, 3.63) is 44.5 Å². The average molecular weight is 664 g/mol. The van der Waals surface area contributed by atoms with Crippen molar-refractivity contribution in [2.45, 2.75) is 65.4 Å². The zero-order valence-electron chi connectivity index (χ0n) is 21.6. The first-order valence-electron chi connectivity index (χ1n) is 12.4. The van der Waals surface area contributed by atoms with E-state index < -0.39 is 32.1 Å². The Bertz CT molecular complexity index is 997. The van der Waals surface area contributed by atoms with Crippen molar-refractivity contribution in [1.29, 1.82) is 0 Å². The molecular formula is C26H39BrIN3O4. The van der Waals surface area contributed by atoms with Gasteiger partial charge in [-0.25, -0.2) is 0 Å². The average Bonchev–Trinajstić information content (AvgIpc) is 3.20. The summed E-state index contributed by atoms with van der Waals surface area (Å²) in [5, 5.41) is 16.6. The number of hydrogen-bond donors (Lipinski definition) is 3. The number of aliphatic hydroxyl groups excluding tert-OH is 1. The third-order valence-corrected chi connectivity index (χ3v) is 14.7. The molecule has 2 fully saturated rings. The van der Waals surface area contributed by atoms with Gasteiger partial charge in [0.15, 0.2) is 0 Å². The predicted octanol–water partition coefficient (Wildman–Crippen LogP) is 4.69. The Morgan fingerprint density at radius 3 is 2.57 bits per heavy atom. The van der Waals surface area contributed by atoms with E-state index in [9.17, 15) is 9.90 Å². The van der Waals surface area contributed by atoms with Gasteiger partial charge in [-0.15, -0.1) is 0 Å². The molecule has 7 nitrogen and oxygen atoms in total. The summed E-state index contributed by atoms with van der Waals surface area (Å²) in [4.78, 5) is 13.3. The Balaban J connectivity index is 1.46. The molecule has 0 aromatic carbocycles. The molecule has 3 unspecified atom stereocenters. The van der Waals surface area contributed by atoms with Crippen LogP contribution in [0.5, 0.6) is 0 Å². The second kappa shape index (κ2) is 10.8. The zero-order chi connectivity index (χ0) is 25.5. The van der Waals surface area contributed by atoms with Crippen molar-refractivity contribution in [1.82, 2.24) is 13.7 Å². The van der Waals surface area contributed by atoms with Gasteiger partial charge in [-0.05, 0) is 25.0 Å². The number of allylic oxidation sites excluding steroid dienone is 4. The van der Waals surface area contributed by atoms with E-state index in [1.54, 1.807) is 0 Å². The standard InChI is InChI=1S/C26H39BrIN3O4/c1-7-17-12-15(2)30-25(33)20(17)14-29-24(32)19-13-21(27)23-22(16(19)3)34-26(4,35-23)18-8-10-28(11-9-18)31(5)6/h12,18-19,25,30,33H,7-11,13-14H2,1-6H3,(H,29,32). The predicted molar refractivity (Wildman–Crippen MR) is 151 cm³/mol. The largest absolute Gasteiger partial charge is 0.370 e. The third-order valence-electron chi connectivity index (χ3n) is 7.55. The van der Waals surface area contributed by atoms with Crippen LogP contribution in [0.3, 0.4) is 0 Å². The number of nitrogens with zero attached hydrogens (tertiary/aromatic N) is 1. The van der Waals surface area contributed by atoms with E-state index in [1.807, 2.05) is 19.9 Å². The Labute approximate surface area is 225 Å². The van der Waals surface area contributed by atoms with Gasteiger partial charge >= 0.3 is 172 Å². The Hall–Kier alpha value is -1.04. The molecule has 0 aromatic rings. The van der Waals surface area contributed by atoms with Crippen LogP contribution in [0.25, 0.3) is 0 Å². The van der Waals surface area contributed by atoms with Crippen LogP contribution in [0, 0.1) is 11.8 Å². The summed E-state index contributed by atoms with van der Waals surface area (Å²) in [5.41, 5.74) is 3.71. The number of nitrogens with one attached hydrogen (secondary N) is 2. The van der Waals surface area contributed by atoms with Crippen molar-refractivity contribution in [2.75, 3.05) is 29.5 Å². The van der Waals surface area contributed by atoms with Gasteiger partial charge in [-0.2, -0.15) is 0 Å². The molecule has 0 saturated carbocycles. The van der Waals surface area contributed by atoms with Crippen molar-refractivity contribution < 1.29 is 19.4 Å². The number of dihydropyridines is 1. The van der Waals surface area contributed by atoms with Crippen LogP contribution in [-0.2, 0) is 14.3 Å². The monoisotopic (exact) mass is 663 g/mol. The summed E-state index contributed by atoms with van der Waals surface area (Å²) in [5.74, 6) is 0.717. The van der Waals surface area contributed by atoms with Gasteiger partial charge in [-0.3, -0.25) is 0 Å². The molecule has 35 heavy (non-hydrogen) atoms. The fourth-order valence-electron chi connectivity index (χ4n) is 5.33. The van der Waals surface area contributed by atoms with Crippen LogP contribution in [0.1, 0.15) is 53.4 Å². The smallest absolute Gasteiger partial charge is 0.148 e. The van der Waals surface area contributed by atoms with Gasteiger partial charge in [-0.1, -0.05) is 6.92 Å². The fraction of sp³-hybridized carbons (Fsp3) is 0.654. The van der Waals surface area contributed by atoms with Crippen LogP contribution >= 0.6 is 36.0 Å². The normalized spacial score (nSPS) is 30.7. The van der Waals surface area contributed by atoms with E-state index in [0.717, 1.165) is 51.9 Å². The molecule has 196 valence electrons. The molecule has 9 heteroatoms. The van der Waals surface area contributed by atoms with Crippen LogP contribution in [-0.4, -0.2) is 55.6 Å². The number of aliphatic hydroxyl groups is 1. The number of hydrogen-bond acceptors (Lipinski definition) is 6. The SMILES string of the molecule is CCC1=C(CNC(=O)C2CC(Br)=C3OC(C)(C4CCI(N(C)C)CC4)OC3=C2C)C(O)NC(C)=C1. The Morgan fingerprint density at radius 2 is 1.94 bits per heavy atom. The molecule has 0 radical (unpaired) electrons. The molecule has 0 bridgehead atoms. The maximum atomic E-state index is 13.3.